The molecule has 1 unspecified atom stereocenters. The number of H-pyrrole nitrogens is 1. The highest BCUT2D eigenvalue weighted by Crippen LogP contribution is 2.37. The second kappa shape index (κ2) is 12.9. The Labute approximate surface area is 251 Å². The average molecular weight is 569 g/mol. The summed E-state index contributed by atoms with van der Waals surface area (Å²) in [4.78, 5) is 21.0. The van der Waals surface area contributed by atoms with Gasteiger partial charge in [-0.25, -0.2) is 0 Å². The number of amides is 1. The van der Waals surface area contributed by atoms with Crippen molar-refractivity contribution in [2.75, 3.05) is 0 Å². The fraction of sp³-hybridized carbons (Fsp3) is 0.222. The van der Waals surface area contributed by atoms with E-state index in [4.69, 9.17) is 15.9 Å². The summed E-state index contributed by atoms with van der Waals surface area (Å²) in [6, 6.07) is 31.1. The predicted molar refractivity (Wildman–Crippen MR) is 170 cm³/mol. The Hall–Kier alpha value is -5.04. The molecule has 2 atom stereocenters. The highest BCUT2D eigenvalue weighted by atomic mass is 16.1. The number of fused-ring (bicyclic) bond motifs is 1. The van der Waals surface area contributed by atoms with Crippen molar-refractivity contribution >= 4 is 16.8 Å². The molecule has 0 saturated heterocycles. The highest BCUT2D eigenvalue weighted by molar-refractivity contribution is 5.85. The van der Waals surface area contributed by atoms with Crippen molar-refractivity contribution in [2.24, 2.45) is 5.73 Å². The van der Waals surface area contributed by atoms with E-state index in [0.717, 1.165) is 58.5 Å². The SMILES string of the molecule is CCc1ccc(Cn2c(CCc3ccccc3)nnc2[C@H](Cc2c[nH]c3ccccc23)C(C(N)=O)c2cccnc2)cc1. The maximum absolute atomic E-state index is 13.3. The van der Waals surface area contributed by atoms with Crippen molar-refractivity contribution in [3.63, 3.8) is 0 Å². The second-order valence-electron chi connectivity index (χ2n) is 11.1. The number of nitrogens with one attached hydrogen (secondary N) is 1. The molecule has 6 aromatic rings. The van der Waals surface area contributed by atoms with E-state index >= 15 is 0 Å². The van der Waals surface area contributed by atoms with E-state index in [2.05, 4.69) is 82.1 Å². The molecule has 43 heavy (non-hydrogen) atoms. The maximum atomic E-state index is 13.3. The van der Waals surface area contributed by atoms with Crippen molar-refractivity contribution in [1.29, 1.82) is 0 Å². The lowest BCUT2D eigenvalue weighted by Gasteiger charge is -2.25. The average Bonchev–Trinajstić information content (AvgIpc) is 3.64. The summed E-state index contributed by atoms with van der Waals surface area (Å²) in [5, 5.41) is 10.7. The molecule has 7 nitrogen and oxygen atoms in total. The first-order chi connectivity index (χ1) is 21.1. The molecule has 6 rings (SSSR count). The number of nitrogens with zero attached hydrogens (tertiary/aromatic N) is 4. The Morgan fingerprint density at radius 2 is 1.63 bits per heavy atom. The molecule has 0 radical (unpaired) electrons. The molecule has 1 amide bonds. The van der Waals surface area contributed by atoms with Gasteiger partial charge >= 0.3 is 0 Å². The highest BCUT2D eigenvalue weighted by Gasteiger charge is 2.35. The molecule has 3 aromatic carbocycles. The van der Waals surface area contributed by atoms with E-state index in [1.807, 2.05) is 36.5 Å². The van der Waals surface area contributed by atoms with Crippen molar-refractivity contribution in [2.45, 2.75) is 51.0 Å². The minimum absolute atomic E-state index is 0.367. The Bertz CT molecular complexity index is 1790. The van der Waals surface area contributed by atoms with Gasteiger partial charge in [-0.3, -0.25) is 9.78 Å². The van der Waals surface area contributed by atoms with Gasteiger partial charge in [-0.1, -0.05) is 85.8 Å². The third-order valence-electron chi connectivity index (χ3n) is 8.31. The molecule has 3 N–H and O–H groups in total. The predicted octanol–water partition coefficient (Wildman–Crippen LogP) is 6.15. The number of benzene rings is 3. The maximum Gasteiger partial charge on any atom is 0.225 e. The number of carbonyl (C=O) groups excluding carboxylic acids is 1. The van der Waals surface area contributed by atoms with E-state index in [0.29, 0.717) is 13.0 Å². The van der Waals surface area contributed by atoms with Crippen LogP contribution in [-0.4, -0.2) is 30.6 Å². The first-order valence-electron chi connectivity index (χ1n) is 14.9. The number of rotatable bonds is 12. The molecule has 7 heteroatoms. The van der Waals surface area contributed by atoms with Crippen LogP contribution in [0.15, 0.2) is 110 Å². The van der Waals surface area contributed by atoms with Gasteiger partial charge in [0, 0.05) is 41.8 Å². The lowest BCUT2D eigenvalue weighted by atomic mass is 9.81. The summed E-state index contributed by atoms with van der Waals surface area (Å²) >= 11 is 0. The van der Waals surface area contributed by atoms with Gasteiger partial charge in [0.05, 0.1) is 12.5 Å². The van der Waals surface area contributed by atoms with Crippen LogP contribution in [0.1, 0.15) is 58.2 Å². The van der Waals surface area contributed by atoms with Crippen LogP contribution in [0.2, 0.25) is 0 Å². The lowest BCUT2D eigenvalue weighted by molar-refractivity contribution is -0.120. The zero-order valence-corrected chi connectivity index (χ0v) is 24.4. The first kappa shape index (κ1) is 28.1. The van der Waals surface area contributed by atoms with Crippen molar-refractivity contribution < 1.29 is 4.79 Å². The molecular weight excluding hydrogens is 532 g/mol. The summed E-state index contributed by atoms with van der Waals surface area (Å²) in [7, 11) is 0. The number of aromatic amines is 1. The second-order valence-corrected chi connectivity index (χ2v) is 11.1. The van der Waals surface area contributed by atoms with Crippen molar-refractivity contribution in [1.82, 2.24) is 24.7 Å². The summed E-state index contributed by atoms with van der Waals surface area (Å²) in [6.07, 6.45) is 8.56. The number of pyridine rings is 1. The molecule has 3 aromatic heterocycles. The Kier molecular flexibility index (Phi) is 8.40. The zero-order chi connectivity index (χ0) is 29.6. The number of hydrogen-bond acceptors (Lipinski definition) is 4. The summed E-state index contributed by atoms with van der Waals surface area (Å²) < 4.78 is 2.20. The van der Waals surface area contributed by atoms with Gasteiger partial charge in [-0.05, 0) is 59.2 Å². The van der Waals surface area contributed by atoms with Gasteiger partial charge in [0.15, 0.2) is 0 Å². The molecule has 0 fully saturated rings. The minimum atomic E-state index is -0.644. The van der Waals surface area contributed by atoms with E-state index in [-0.39, 0.29) is 5.92 Å². The Morgan fingerprint density at radius 3 is 2.37 bits per heavy atom. The molecule has 216 valence electrons. The molecule has 0 aliphatic rings. The quantitative estimate of drug-likeness (QED) is 0.185. The van der Waals surface area contributed by atoms with Crippen LogP contribution in [0.3, 0.4) is 0 Å². The van der Waals surface area contributed by atoms with Crippen LogP contribution in [0.25, 0.3) is 10.9 Å². The van der Waals surface area contributed by atoms with Crippen LogP contribution in [0, 0.1) is 0 Å². The fourth-order valence-corrected chi connectivity index (χ4v) is 5.99. The number of aromatic nitrogens is 5. The van der Waals surface area contributed by atoms with Gasteiger partial charge in [0.1, 0.15) is 11.6 Å². The number of aryl methyl sites for hydroxylation is 3. The Morgan fingerprint density at radius 1 is 0.860 bits per heavy atom. The smallest absolute Gasteiger partial charge is 0.225 e. The first-order valence-corrected chi connectivity index (χ1v) is 14.9. The van der Waals surface area contributed by atoms with E-state index in [1.54, 1.807) is 12.4 Å². The topological polar surface area (TPSA) is 102 Å². The third-order valence-corrected chi connectivity index (χ3v) is 8.31. The largest absolute Gasteiger partial charge is 0.369 e. The standard InChI is InChI=1S/C36H36N6O/c1-2-25-14-16-27(17-15-25)24-42-33(19-18-26-9-4-3-5-10-26)40-41-36(42)31(34(35(37)43)28-11-8-20-38-22-28)21-29-23-39-32-13-7-6-12-30(29)32/h3-17,20,22-23,31,34,39H,2,18-19,21,24H2,1H3,(H2,37,43)/t31-,34?/m1/s1. The molecule has 0 spiro atoms. The van der Waals surface area contributed by atoms with Gasteiger partial charge in [0.2, 0.25) is 5.91 Å². The number of carbonyl (C=O) groups is 1. The normalized spacial score (nSPS) is 12.8. The number of hydrogen-bond donors (Lipinski definition) is 2. The zero-order valence-electron chi connectivity index (χ0n) is 24.4. The van der Waals surface area contributed by atoms with Gasteiger partial charge < -0.3 is 15.3 Å². The molecule has 0 aliphatic heterocycles. The van der Waals surface area contributed by atoms with E-state index in [1.165, 1.54) is 11.1 Å². The summed E-state index contributed by atoms with van der Waals surface area (Å²) in [6.45, 7) is 2.76. The van der Waals surface area contributed by atoms with Crippen molar-refractivity contribution in [3.8, 4) is 0 Å². The minimum Gasteiger partial charge on any atom is -0.369 e. The third kappa shape index (κ3) is 6.26. The van der Waals surface area contributed by atoms with Gasteiger partial charge in [-0.2, -0.15) is 0 Å². The fourth-order valence-electron chi connectivity index (χ4n) is 5.99. The monoisotopic (exact) mass is 568 g/mol. The summed E-state index contributed by atoms with van der Waals surface area (Å²) in [5.41, 5.74) is 12.8. The van der Waals surface area contributed by atoms with Crippen molar-refractivity contribution in [3.05, 3.63) is 149 Å². The number of para-hydroxylation sites is 1. The number of primary amides is 1. The van der Waals surface area contributed by atoms with Crippen LogP contribution < -0.4 is 5.73 Å². The number of nitrogens with two attached hydrogens (primary N) is 1. The molecule has 3 heterocycles. The lowest BCUT2D eigenvalue weighted by Crippen LogP contribution is -2.30. The molecule has 0 bridgehead atoms. The van der Waals surface area contributed by atoms with Crippen LogP contribution >= 0.6 is 0 Å². The summed E-state index contributed by atoms with van der Waals surface area (Å²) in [5.74, 6) is 0.214. The molecular formula is C36H36N6O. The van der Waals surface area contributed by atoms with E-state index < -0.39 is 11.8 Å². The molecule has 0 aliphatic carbocycles. The molecule has 0 saturated carbocycles. The van der Waals surface area contributed by atoms with Crippen LogP contribution in [0.4, 0.5) is 0 Å². The van der Waals surface area contributed by atoms with Crippen LogP contribution in [-0.2, 0) is 37.0 Å². The van der Waals surface area contributed by atoms with E-state index in [9.17, 15) is 4.79 Å². The van der Waals surface area contributed by atoms with Crippen LogP contribution in [0.5, 0.6) is 0 Å². The van der Waals surface area contributed by atoms with Gasteiger partial charge in [-0.15, -0.1) is 10.2 Å². The Balaban J connectivity index is 1.46. The van der Waals surface area contributed by atoms with Gasteiger partial charge in [0.25, 0.3) is 0 Å².